The van der Waals surface area contributed by atoms with Crippen LogP contribution in [0.1, 0.15) is 17.3 Å². The van der Waals surface area contributed by atoms with Crippen molar-refractivity contribution in [3.8, 4) is 0 Å². The van der Waals surface area contributed by atoms with Gasteiger partial charge in [-0.25, -0.2) is 14.8 Å². The van der Waals surface area contributed by atoms with Crippen molar-refractivity contribution < 1.29 is 9.53 Å². The number of carbonyl (C=O) groups excluding carboxylic acids is 1. The molecule has 0 amide bonds. The van der Waals surface area contributed by atoms with Crippen molar-refractivity contribution in [2.75, 3.05) is 12.9 Å². The third-order valence-corrected chi connectivity index (χ3v) is 4.01. The third-order valence-electron chi connectivity index (χ3n) is 3.30. The molecule has 0 saturated heterocycles. The maximum Gasteiger partial charge on any atom is 0.343 e. The number of H-pyrrole nitrogens is 1. The number of fused-ring (bicyclic) bond motifs is 3. The van der Waals surface area contributed by atoms with Crippen molar-refractivity contribution in [2.24, 2.45) is 0 Å². The van der Waals surface area contributed by atoms with Crippen molar-refractivity contribution >= 4 is 39.5 Å². The molecule has 0 saturated carbocycles. The first-order chi connectivity index (χ1) is 10.7. The van der Waals surface area contributed by atoms with E-state index in [-0.39, 0.29) is 17.6 Å². The van der Waals surface area contributed by atoms with Crippen LogP contribution in [0.5, 0.6) is 0 Å². The third kappa shape index (κ3) is 2.23. The molecular formula is C15H13N3O3S. The lowest BCUT2D eigenvalue weighted by Gasteiger charge is -2.07. The van der Waals surface area contributed by atoms with E-state index in [0.29, 0.717) is 16.4 Å². The number of nitrogens with zero attached hydrogens (tertiary/aromatic N) is 2. The highest BCUT2D eigenvalue weighted by Crippen LogP contribution is 2.26. The molecule has 0 aliphatic carbocycles. The highest BCUT2D eigenvalue weighted by molar-refractivity contribution is 7.98. The molecule has 3 aromatic rings. The average Bonchev–Trinajstić information content (AvgIpc) is 2.54. The number of thioether (sulfide) groups is 1. The number of ether oxygens (including phenoxy) is 1. The lowest BCUT2D eigenvalue weighted by Crippen LogP contribution is -2.18. The Morgan fingerprint density at radius 3 is 2.91 bits per heavy atom. The lowest BCUT2D eigenvalue weighted by atomic mass is 10.1. The van der Waals surface area contributed by atoms with Gasteiger partial charge < -0.3 is 9.72 Å². The fourth-order valence-electron chi connectivity index (χ4n) is 2.33. The molecule has 1 aromatic carbocycles. The summed E-state index contributed by atoms with van der Waals surface area (Å²) in [5, 5.41) is 1.95. The summed E-state index contributed by atoms with van der Waals surface area (Å²) in [6.45, 7) is 1.91. The molecular weight excluding hydrogens is 302 g/mol. The predicted octanol–water partition coefficient (Wildman–Crippen LogP) is 2.37. The highest BCUT2D eigenvalue weighted by Gasteiger charge is 2.17. The van der Waals surface area contributed by atoms with E-state index in [2.05, 4.69) is 15.0 Å². The topological polar surface area (TPSA) is 84.9 Å². The minimum absolute atomic E-state index is 0.0221. The molecule has 0 spiro atoms. The zero-order valence-electron chi connectivity index (χ0n) is 12.0. The number of esters is 1. The van der Waals surface area contributed by atoms with E-state index in [1.54, 1.807) is 13.0 Å². The van der Waals surface area contributed by atoms with Crippen LogP contribution in [0.25, 0.3) is 21.8 Å². The second-order valence-corrected chi connectivity index (χ2v) is 5.31. The molecule has 0 aliphatic rings. The fourth-order valence-corrected chi connectivity index (χ4v) is 2.87. The van der Waals surface area contributed by atoms with Crippen LogP contribution >= 0.6 is 11.8 Å². The molecule has 0 fully saturated rings. The van der Waals surface area contributed by atoms with E-state index in [1.807, 2.05) is 12.3 Å². The minimum Gasteiger partial charge on any atom is -0.462 e. The van der Waals surface area contributed by atoms with E-state index < -0.39 is 5.97 Å². The summed E-state index contributed by atoms with van der Waals surface area (Å²) < 4.78 is 4.92. The SMILES string of the molecule is CCOC(=O)c1c[nH]c2ccc3c(SC)ncnc3c2c1=O. The summed E-state index contributed by atoms with van der Waals surface area (Å²) in [6, 6.07) is 3.65. The maximum absolute atomic E-state index is 12.7. The van der Waals surface area contributed by atoms with Gasteiger partial charge in [0.15, 0.2) is 0 Å². The van der Waals surface area contributed by atoms with Crippen LogP contribution in [-0.4, -0.2) is 33.8 Å². The fraction of sp³-hybridized carbons (Fsp3) is 0.200. The van der Waals surface area contributed by atoms with Crippen LogP contribution in [-0.2, 0) is 4.74 Å². The summed E-state index contributed by atoms with van der Waals surface area (Å²) >= 11 is 1.48. The van der Waals surface area contributed by atoms with Gasteiger partial charge in [-0.2, -0.15) is 0 Å². The number of benzene rings is 1. The summed E-state index contributed by atoms with van der Waals surface area (Å²) in [4.78, 5) is 35.9. The van der Waals surface area contributed by atoms with Gasteiger partial charge in [0.25, 0.3) is 0 Å². The maximum atomic E-state index is 12.7. The van der Waals surface area contributed by atoms with Gasteiger partial charge in [0, 0.05) is 11.6 Å². The molecule has 7 heteroatoms. The zero-order valence-corrected chi connectivity index (χ0v) is 12.9. The summed E-state index contributed by atoms with van der Waals surface area (Å²) in [5.74, 6) is -0.637. The van der Waals surface area contributed by atoms with Gasteiger partial charge in [0.2, 0.25) is 5.43 Å². The van der Waals surface area contributed by atoms with Crippen molar-refractivity contribution in [3.63, 3.8) is 0 Å². The number of nitrogens with one attached hydrogen (secondary N) is 1. The second kappa shape index (κ2) is 5.76. The Bertz CT molecular complexity index is 936. The number of pyridine rings is 1. The summed E-state index contributed by atoms with van der Waals surface area (Å²) in [6.07, 6.45) is 4.71. The van der Waals surface area contributed by atoms with Gasteiger partial charge in [-0.15, -0.1) is 11.8 Å². The van der Waals surface area contributed by atoms with Gasteiger partial charge in [0.05, 0.1) is 23.0 Å². The molecule has 0 aliphatic heterocycles. The zero-order chi connectivity index (χ0) is 15.7. The van der Waals surface area contributed by atoms with Crippen molar-refractivity contribution in [2.45, 2.75) is 11.9 Å². The first kappa shape index (κ1) is 14.5. The molecule has 112 valence electrons. The van der Waals surface area contributed by atoms with Gasteiger partial charge in [-0.05, 0) is 25.3 Å². The lowest BCUT2D eigenvalue weighted by molar-refractivity contribution is 0.0524. The summed E-state index contributed by atoms with van der Waals surface area (Å²) in [7, 11) is 0. The Morgan fingerprint density at radius 1 is 1.36 bits per heavy atom. The average molecular weight is 315 g/mol. The molecule has 2 heterocycles. The van der Waals surface area contributed by atoms with Crippen LogP contribution in [0.15, 0.2) is 34.5 Å². The van der Waals surface area contributed by atoms with Crippen LogP contribution in [0.3, 0.4) is 0 Å². The number of rotatable bonds is 3. The standard InChI is InChI=1S/C15H13N3O3S/c1-3-21-15(20)9-6-16-10-5-4-8-12(11(10)13(9)19)17-7-18-14(8)22-2/h4-7H,3H2,1-2H3,(H,16,19). The van der Waals surface area contributed by atoms with E-state index in [9.17, 15) is 9.59 Å². The van der Waals surface area contributed by atoms with Crippen LogP contribution < -0.4 is 5.43 Å². The quantitative estimate of drug-likeness (QED) is 0.346. The van der Waals surface area contributed by atoms with Crippen molar-refractivity contribution in [1.29, 1.82) is 0 Å². The van der Waals surface area contributed by atoms with Gasteiger partial charge in [0.1, 0.15) is 16.9 Å². The Morgan fingerprint density at radius 2 is 2.18 bits per heavy atom. The van der Waals surface area contributed by atoms with E-state index >= 15 is 0 Å². The molecule has 0 bridgehead atoms. The second-order valence-electron chi connectivity index (χ2n) is 4.52. The van der Waals surface area contributed by atoms with E-state index in [4.69, 9.17) is 4.74 Å². The molecule has 6 nitrogen and oxygen atoms in total. The molecule has 1 N–H and O–H groups in total. The van der Waals surface area contributed by atoms with Crippen LogP contribution in [0.4, 0.5) is 0 Å². The number of hydrogen-bond acceptors (Lipinski definition) is 6. The van der Waals surface area contributed by atoms with Crippen LogP contribution in [0, 0.1) is 0 Å². The highest BCUT2D eigenvalue weighted by atomic mass is 32.2. The molecule has 0 unspecified atom stereocenters. The van der Waals surface area contributed by atoms with Crippen molar-refractivity contribution in [3.05, 3.63) is 40.4 Å². The number of aromatic nitrogens is 3. The molecule has 3 rings (SSSR count). The Labute approximate surface area is 129 Å². The number of hydrogen-bond donors (Lipinski definition) is 1. The molecule has 0 atom stereocenters. The van der Waals surface area contributed by atoms with Crippen LogP contribution in [0.2, 0.25) is 0 Å². The summed E-state index contributed by atoms with van der Waals surface area (Å²) in [5.41, 5.74) is 0.746. The first-order valence-electron chi connectivity index (χ1n) is 6.67. The van der Waals surface area contributed by atoms with E-state index in [1.165, 1.54) is 24.3 Å². The first-order valence-corrected chi connectivity index (χ1v) is 7.90. The monoisotopic (exact) mass is 315 g/mol. The predicted molar refractivity (Wildman–Crippen MR) is 85.4 cm³/mol. The molecule has 22 heavy (non-hydrogen) atoms. The van der Waals surface area contributed by atoms with Gasteiger partial charge in [-0.1, -0.05) is 0 Å². The Balaban J connectivity index is 2.39. The Kier molecular flexibility index (Phi) is 3.81. The molecule has 2 aromatic heterocycles. The normalized spacial score (nSPS) is 11.0. The smallest absolute Gasteiger partial charge is 0.343 e. The molecule has 0 radical (unpaired) electrons. The Hall–Kier alpha value is -2.41. The van der Waals surface area contributed by atoms with Gasteiger partial charge in [-0.3, -0.25) is 4.79 Å². The minimum atomic E-state index is -0.637. The van der Waals surface area contributed by atoms with E-state index in [0.717, 1.165) is 10.4 Å². The number of carbonyl (C=O) groups is 1. The largest absolute Gasteiger partial charge is 0.462 e. The van der Waals surface area contributed by atoms with Gasteiger partial charge >= 0.3 is 5.97 Å². The van der Waals surface area contributed by atoms with Crippen molar-refractivity contribution in [1.82, 2.24) is 15.0 Å². The number of aromatic amines is 1.